The minimum Gasteiger partial charge on any atom is -0.465 e. The zero-order valence-electron chi connectivity index (χ0n) is 8.76. The number of aryl methyl sites for hydroxylation is 1. The largest absolute Gasteiger partial charge is 0.465 e. The maximum atomic E-state index is 12.7. The molecule has 0 fully saturated rings. The van der Waals surface area contributed by atoms with Gasteiger partial charge in [-0.25, -0.2) is 13.6 Å². The van der Waals surface area contributed by atoms with Gasteiger partial charge in [-0.3, -0.25) is 4.98 Å². The van der Waals surface area contributed by atoms with E-state index in [0.29, 0.717) is 5.69 Å². The third kappa shape index (κ3) is 2.29. The first-order valence-electron chi connectivity index (χ1n) is 4.43. The van der Waals surface area contributed by atoms with Crippen LogP contribution in [0.1, 0.15) is 33.6 Å². The zero-order valence-corrected chi connectivity index (χ0v) is 9.52. The quantitative estimate of drug-likeness (QED) is 0.611. The summed E-state index contributed by atoms with van der Waals surface area (Å²) in [6.45, 7) is 1.60. The molecule has 0 bridgehead atoms. The summed E-state index contributed by atoms with van der Waals surface area (Å²) in [5.74, 6) is -0.888. The number of aromatic nitrogens is 1. The van der Waals surface area contributed by atoms with Gasteiger partial charge in [-0.15, -0.1) is 11.6 Å². The van der Waals surface area contributed by atoms with Gasteiger partial charge in [0.25, 0.3) is 6.43 Å². The molecule has 6 heteroatoms. The Morgan fingerprint density at radius 2 is 2.25 bits per heavy atom. The molecular weight excluding hydrogens is 240 g/mol. The Balaban J connectivity index is 3.47. The molecule has 0 N–H and O–H groups in total. The Hall–Kier alpha value is -1.23. The van der Waals surface area contributed by atoms with Crippen LogP contribution in [-0.2, 0) is 10.6 Å². The van der Waals surface area contributed by atoms with Gasteiger partial charge in [-0.1, -0.05) is 0 Å². The number of ether oxygens (including phenoxy) is 1. The average molecular weight is 250 g/mol. The second-order valence-corrected chi connectivity index (χ2v) is 3.35. The smallest absolute Gasteiger partial charge is 0.338 e. The SMILES string of the molecule is COC(=O)c1c(C(F)F)cnc(C)c1CCl. The molecule has 3 nitrogen and oxygen atoms in total. The van der Waals surface area contributed by atoms with Crippen molar-refractivity contribution >= 4 is 17.6 Å². The zero-order chi connectivity index (χ0) is 12.3. The van der Waals surface area contributed by atoms with Crippen molar-refractivity contribution in [3.05, 3.63) is 28.6 Å². The number of carbonyl (C=O) groups is 1. The van der Waals surface area contributed by atoms with Gasteiger partial charge < -0.3 is 4.74 Å². The number of nitrogens with zero attached hydrogens (tertiary/aromatic N) is 1. The molecule has 0 aliphatic heterocycles. The molecule has 0 aromatic carbocycles. The molecule has 0 aliphatic rings. The van der Waals surface area contributed by atoms with E-state index >= 15 is 0 Å². The van der Waals surface area contributed by atoms with Crippen LogP contribution < -0.4 is 0 Å². The molecule has 0 saturated carbocycles. The Labute approximate surface area is 96.4 Å². The predicted octanol–water partition coefficient (Wildman–Crippen LogP) is 2.85. The Morgan fingerprint density at radius 1 is 1.62 bits per heavy atom. The molecule has 1 aromatic rings. The first-order chi connectivity index (χ1) is 7.52. The van der Waals surface area contributed by atoms with Gasteiger partial charge in [0.15, 0.2) is 0 Å². The van der Waals surface area contributed by atoms with Crippen LogP contribution in [0, 0.1) is 6.92 Å². The molecule has 16 heavy (non-hydrogen) atoms. The molecule has 1 heterocycles. The normalized spacial score (nSPS) is 10.6. The van der Waals surface area contributed by atoms with Crippen LogP contribution in [0.5, 0.6) is 0 Å². The van der Waals surface area contributed by atoms with Gasteiger partial charge in [0.2, 0.25) is 0 Å². The van der Waals surface area contributed by atoms with E-state index in [0.717, 1.165) is 13.3 Å². The van der Waals surface area contributed by atoms with E-state index in [1.54, 1.807) is 6.92 Å². The first-order valence-corrected chi connectivity index (χ1v) is 4.97. The number of rotatable bonds is 3. The average Bonchev–Trinajstić information content (AvgIpc) is 2.27. The van der Waals surface area contributed by atoms with Crippen molar-refractivity contribution in [2.45, 2.75) is 19.2 Å². The number of hydrogen-bond donors (Lipinski definition) is 0. The fourth-order valence-corrected chi connectivity index (χ4v) is 1.66. The monoisotopic (exact) mass is 249 g/mol. The summed E-state index contributed by atoms with van der Waals surface area (Å²) >= 11 is 5.62. The summed E-state index contributed by atoms with van der Waals surface area (Å²) in [6.07, 6.45) is -1.81. The molecule has 0 radical (unpaired) electrons. The third-order valence-corrected chi connectivity index (χ3v) is 2.45. The highest BCUT2D eigenvalue weighted by Gasteiger charge is 2.24. The van der Waals surface area contributed by atoms with E-state index in [4.69, 9.17) is 11.6 Å². The van der Waals surface area contributed by atoms with E-state index in [2.05, 4.69) is 9.72 Å². The van der Waals surface area contributed by atoms with Crippen molar-refractivity contribution in [3.63, 3.8) is 0 Å². The lowest BCUT2D eigenvalue weighted by Gasteiger charge is -2.12. The second kappa shape index (κ2) is 5.21. The minimum atomic E-state index is -2.79. The summed E-state index contributed by atoms with van der Waals surface area (Å²) in [7, 11) is 1.13. The number of carbonyl (C=O) groups excluding carboxylic acids is 1. The molecule has 1 rings (SSSR count). The molecule has 0 unspecified atom stereocenters. The third-order valence-electron chi connectivity index (χ3n) is 2.18. The highest BCUT2D eigenvalue weighted by molar-refractivity contribution is 6.17. The predicted molar refractivity (Wildman–Crippen MR) is 54.8 cm³/mol. The van der Waals surface area contributed by atoms with E-state index in [1.165, 1.54) is 0 Å². The first kappa shape index (κ1) is 12.8. The van der Waals surface area contributed by atoms with Crippen LogP contribution in [0.3, 0.4) is 0 Å². The van der Waals surface area contributed by atoms with Crippen LogP contribution >= 0.6 is 11.6 Å². The van der Waals surface area contributed by atoms with Crippen molar-refractivity contribution in [1.29, 1.82) is 0 Å². The molecule has 0 amide bonds. The van der Waals surface area contributed by atoms with Crippen molar-refractivity contribution in [2.75, 3.05) is 7.11 Å². The van der Waals surface area contributed by atoms with Crippen LogP contribution in [0.2, 0.25) is 0 Å². The van der Waals surface area contributed by atoms with Crippen molar-refractivity contribution in [1.82, 2.24) is 4.98 Å². The fourth-order valence-electron chi connectivity index (χ4n) is 1.34. The van der Waals surface area contributed by atoms with E-state index in [1.807, 2.05) is 0 Å². The maximum Gasteiger partial charge on any atom is 0.338 e. The van der Waals surface area contributed by atoms with E-state index in [9.17, 15) is 13.6 Å². The number of hydrogen-bond acceptors (Lipinski definition) is 3. The highest BCUT2D eigenvalue weighted by Crippen LogP contribution is 2.27. The van der Waals surface area contributed by atoms with E-state index in [-0.39, 0.29) is 17.0 Å². The highest BCUT2D eigenvalue weighted by atomic mass is 35.5. The Kier molecular flexibility index (Phi) is 4.18. The van der Waals surface area contributed by atoms with Crippen molar-refractivity contribution in [3.8, 4) is 0 Å². The van der Waals surface area contributed by atoms with Crippen LogP contribution in [0.15, 0.2) is 6.20 Å². The van der Waals surface area contributed by atoms with Crippen LogP contribution in [0.4, 0.5) is 8.78 Å². The number of esters is 1. The Morgan fingerprint density at radius 3 is 2.69 bits per heavy atom. The Bertz CT molecular complexity index is 410. The van der Waals surface area contributed by atoms with Crippen LogP contribution in [0.25, 0.3) is 0 Å². The number of pyridine rings is 1. The summed E-state index contributed by atoms with van der Waals surface area (Å²) in [5.41, 5.74) is 0.0965. The van der Waals surface area contributed by atoms with E-state index < -0.39 is 18.0 Å². The van der Waals surface area contributed by atoms with Gasteiger partial charge in [0, 0.05) is 17.5 Å². The van der Waals surface area contributed by atoms with Gasteiger partial charge in [-0.2, -0.15) is 0 Å². The number of alkyl halides is 3. The molecule has 0 aliphatic carbocycles. The lowest BCUT2D eigenvalue weighted by atomic mass is 10.0. The fraction of sp³-hybridized carbons (Fsp3) is 0.400. The molecule has 0 saturated heterocycles. The number of halogens is 3. The van der Waals surface area contributed by atoms with Gasteiger partial charge in [0.1, 0.15) is 0 Å². The lowest BCUT2D eigenvalue weighted by Crippen LogP contribution is -2.12. The summed E-state index contributed by atoms with van der Waals surface area (Å²) in [6, 6.07) is 0. The number of methoxy groups -OCH3 is 1. The van der Waals surface area contributed by atoms with Gasteiger partial charge >= 0.3 is 5.97 Å². The van der Waals surface area contributed by atoms with Crippen LogP contribution in [-0.4, -0.2) is 18.1 Å². The molecule has 88 valence electrons. The lowest BCUT2D eigenvalue weighted by molar-refractivity contribution is 0.0587. The summed E-state index contributed by atoms with van der Waals surface area (Å²) < 4.78 is 29.8. The molecular formula is C10H10ClF2NO2. The second-order valence-electron chi connectivity index (χ2n) is 3.08. The molecule has 0 spiro atoms. The maximum absolute atomic E-state index is 12.7. The van der Waals surface area contributed by atoms with Gasteiger partial charge in [-0.05, 0) is 6.92 Å². The topological polar surface area (TPSA) is 39.2 Å². The minimum absolute atomic E-state index is 0.0656. The van der Waals surface area contributed by atoms with Gasteiger partial charge in [0.05, 0.1) is 24.1 Å². The van der Waals surface area contributed by atoms with Crippen molar-refractivity contribution in [2.24, 2.45) is 0 Å². The van der Waals surface area contributed by atoms with Crippen molar-refractivity contribution < 1.29 is 18.3 Å². The molecule has 0 atom stereocenters. The standard InChI is InChI=1S/C10H10ClF2NO2/c1-5-6(3-11)8(10(15)16-2)7(4-14-5)9(12)13/h4,9H,3H2,1-2H3. The summed E-state index contributed by atoms with van der Waals surface area (Å²) in [5, 5.41) is 0. The summed E-state index contributed by atoms with van der Waals surface area (Å²) in [4.78, 5) is 15.2. The molecule has 1 aromatic heterocycles.